The lowest BCUT2D eigenvalue weighted by atomic mass is 9.95. The van der Waals surface area contributed by atoms with E-state index in [1.54, 1.807) is 25.4 Å². The molecule has 31 heavy (non-hydrogen) atoms. The number of likely N-dealkylation sites (N-methyl/N-ethyl adjacent to an activating group) is 1. The summed E-state index contributed by atoms with van der Waals surface area (Å²) in [6.07, 6.45) is 1.65. The van der Waals surface area contributed by atoms with Crippen molar-refractivity contribution in [1.82, 2.24) is 14.9 Å². The van der Waals surface area contributed by atoms with E-state index in [-0.39, 0.29) is 29.9 Å². The van der Waals surface area contributed by atoms with E-state index in [9.17, 15) is 18.4 Å². The molecule has 1 amide bonds. The monoisotopic (exact) mass is 421 g/mol. The minimum absolute atomic E-state index is 0.0281. The van der Waals surface area contributed by atoms with Gasteiger partial charge in [0.15, 0.2) is 11.6 Å². The lowest BCUT2D eigenvalue weighted by Gasteiger charge is -2.34. The Hall–Kier alpha value is -3.65. The average molecular weight is 421 g/mol. The highest BCUT2D eigenvalue weighted by molar-refractivity contribution is 5.98. The molecule has 0 aliphatic carbocycles. The highest BCUT2D eigenvalue weighted by atomic mass is 19.2. The molecule has 1 unspecified atom stereocenters. The molecule has 5 rings (SSSR count). The van der Waals surface area contributed by atoms with Crippen molar-refractivity contribution < 1.29 is 18.3 Å². The van der Waals surface area contributed by atoms with Gasteiger partial charge in [0.25, 0.3) is 11.5 Å². The van der Waals surface area contributed by atoms with E-state index in [4.69, 9.17) is 4.74 Å². The Morgan fingerprint density at radius 3 is 2.74 bits per heavy atom. The second-order valence-corrected chi connectivity index (χ2v) is 7.52. The molecular weight excluding hydrogens is 404 g/mol. The molecule has 2 aromatic carbocycles. The van der Waals surface area contributed by atoms with Gasteiger partial charge in [-0.25, -0.2) is 8.78 Å². The van der Waals surface area contributed by atoms with Gasteiger partial charge in [-0.2, -0.15) is 0 Å². The lowest BCUT2D eigenvalue weighted by molar-refractivity contribution is 0.0336. The number of halogens is 2. The number of rotatable bonds is 2. The number of carbonyl (C=O) groups is 1. The van der Waals surface area contributed by atoms with Crippen LogP contribution in [0.25, 0.3) is 21.7 Å². The minimum atomic E-state index is -1.10. The maximum absolute atomic E-state index is 14.0. The lowest BCUT2D eigenvalue weighted by Crippen LogP contribution is -2.37. The smallest absolute Gasteiger partial charge is 0.256 e. The van der Waals surface area contributed by atoms with Crippen LogP contribution in [0.3, 0.4) is 0 Å². The van der Waals surface area contributed by atoms with E-state index in [0.29, 0.717) is 22.3 Å². The molecule has 1 atom stereocenters. The summed E-state index contributed by atoms with van der Waals surface area (Å²) < 4.78 is 33.4. The number of H-pyrrole nitrogens is 1. The molecule has 0 fully saturated rings. The topological polar surface area (TPSA) is 75.3 Å². The zero-order valence-corrected chi connectivity index (χ0v) is 16.5. The molecule has 6 nitrogen and oxygen atoms in total. The molecule has 0 bridgehead atoms. The summed E-state index contributed by atoms with van der Waals surface area (Å²) in [4.78, 5) is 34.1. The Morgan fingerprint density at radius 2 is 1.94 bits per heavy atom. The largest absolute Gasteiger partial charge is 0.373 e. The summed E-state index contributed by atoms with van der Waals surface area (Å²) in [7, 11) is 1.62. The predicted molar refractivity (Wildman–Crippen MR) is 111 cm³/mol. The van der Waals surface area contributed by atoms with Gasteiger partial charge in [-0.15, -0.1) is 0 Å². The third kappa shape index (κ3) is 3.16. The fourth-order valence-electron chi connectivity index (χ4n) is 4.09. The van der Waals surface area contributed by atoms with Crippen molar-refractivity contribution in [3.8, 4) is 0 Å². The van der Waals surface area contributed by atoms with Crippen LogP contribution in [0.2, 0.25) is 0 Å². The number of carbonyl (C=O) groups excluding carboxylic acids is 1. The first-order valence-corrected chi connectivity index (χ1v) is 9.67. The summed E-state index contributed by atoms with van der Waals surface area (Å²) in [5, 5.41) is 1.21. The van der Waals surface area contributed by atoms with E-state index in [2.05, 4.69) is 9.97 Å². The molecule has 2 aromatic heterocycles. The second kappa shape index (κ2) is 7.24. The van der Waals surface area contributed by atoms with E-state index < -0.39 is 23.2 Å². The number of hydrogen-bond donors (Lipinski definition) is 1. The predicted octanol–water partition coefficient (Wildman–Crippen LogP) is 3.70. The van der Waals surface area contributed by atoms with Gasteiger partial charge in [-0.3, -0.25) is 14.6 Å². The van der Waals surface area contributed by atoms with Crippen molar-refractivity contribution in [2.24, 2.45) is 0 Å². The first-order chi connectivity index (χ1) is 14.9. The summed E-state index contributed by atoms with van der Waals surface area (Å²) in [6.45, 7) is 0.263. The summed E-state index contributed by atoms with van der Waals surface area (Å²) in [5.74, 6) is -2.44. The molecule has 0 radical (unpaired) electrons. The number of ether oxygens (including phenoxy) is 1. The van der Waals surface area contributed by atoms with Crippen LogP contribution in [0.15, 0.2) is 53.5 Å². The number of aromatic amines is 1. The van der Waals surface area contributed by atoms with Gasteiger partial charge in [0, 0.05) is 35.5 Å². The Labute approximate surface area is 175 Å². The summed E-state index contributed by atoms with van der Waals surface area (Å²) in [6, 6.07) is 10.3. The number of nitrogens with one attached hydrogen (secondary N) is 1. The first-order valence-electron chi connectivity index (χ1n) is 9.67. The number of hydrogen-bond acceptors (Lipinski definition) is 4. The molecule has 1 aliphatic rings. The average Bonchev–Trinajstić information content (AvgIpc) is 2.78. The molecular formula is C23H17F2N3O3. The fourth-order valence-corrected chi connectivity index (χ4v) is 4.09. The van der Waals surface area contributed by atoms with Crippen LogP contribution < -0.4 is 5.56 Å². The molecule has 1 aliphatic heterocycles. The second-order valence-electron chi connectivity index (χ2n) is 7.52. The molecule has 3 heterocycles. The standard InChI is InChI=1S/C23H17F2N3O3/c1-28(23(30)13-5-4-12-3-2-6-26-18(12)7-13)20-11-31-10-19-21(20)14-8-16(24)17(25)9-15(14)22(29)27-19/h2-9,20H,10-11H2,1H3,(H,27,29). The van der Waals surface area contributed by atoms with Gasteiger partial charge in [0.2, 0.25) is 0 Å². The van der Waals surface area contributed by atoms with Crippen molar-refractivity contribution >= 4 is 27.6 Å². The maximum atomic E-state index is 14.0. The Morgan fingerprint density at radius 1 is 1.16 bits per heavy atom. The molecule has 0 saturated heterocycles. The number of aromatic nitrogens is 2. The van der Waals surface area contributed by atoms with Crippen LogP contribution in [0, 0.1) is 11.6 Å². The van der Waals surface area contributed by atoms with Crippen LogP contribution in [0.4, 0.5) is 8.78 Å². The quantitative estimate of drug-likeness (QED) is 0.536. The number of fused-ring (bicyclic) bond motifs is 4. The van der Waals surface area contributed by atoms with E-state index in [0.717, 1.165) is 17.5 Å². The van der Waals surface area contributed by atoms with Gasteiger partial charge in [0.1, 0.15) is 0 Å². The highest BCUT2D eigenvalue weighted by Gasteiger charge is 2.31. The molecule has 4 aromatic rings. The number of pyridine rings is 2. The third-order valence-electron chi connectivity index (χ3n) is 5.68. The fraction of sp³-hybridized carbons (Fsp3) is 0.174. The van der Waals surface area contributed by atoms with E-state index in [1.807, 2.05) is 18.2 Å². The molecule has 0 saturated carbocycles. The van der Waals surface area contributed by atoms with Crippen LogP contribution in [0.5, 0.6) is 0 Å². The van der Waals surface area contributed by atoms with Crippen molar-refractivity contribution in [1.29, 1.82) is 0 Å². The van der Waals surface area contributed by atoms with E-state index >= 15 is 0 Å². The van der Waals surface area contributed by atoms with Gasteiger partial charge in [0.05, 0.1) is 30.2 Å². The normalized spacial score (nSPS) is 15.8. The van der Waals surface area contributed by atoms with E-state index in [1.165, 1.54) is 4.90 Å². The molecule has 0 spiro atoms. The van der Waals surface area contributed by atoms with Gasteiger partial charge < -0.3 is 14.6 Å². The zero-order valence-electron chi connectivity index (χ0n) is 16.5. The van der Waals surface area contributed by atoms with Gasteiger partial charge in [-0.1, -0.05) is 12.1 Å². The van der Waals surface area contributed by atoms with Gasteiger partial charge >= 0.3 is 0 Å². The molecule has 1 N–H and O–H groups in total. The van der Waals surface area contributed by atoms with Crippen LogP contribution in [-0.4, -0.2) is 34.4 Å². The van der Waals surface area contributed by atoms with Crippen LogP contribution in [-0.2, 0) is 11.3 Å². The Balaban J connectivity index is 1.61. The van der Waals surface area contributed by atoms with Crippen molar-refractivity contribution in [2.45, 2.75) is 12.6 Å². The van der Waals surface area contributed by atoms with Crippen molar-refractivity contribution in [2.75, 3.05) is 13.7 Å². The Bertz CT molecular complexity index is 1420. The number of amides is 1. The molecule has 156 valence electrons. The maximum Gasteiger partial charge on any atom is 0.256 e. The summed E-state index contributed by atoms with van der Waals surface area (Å²) >= 11 is 0. The van der Waals surface area contributed by atoms with Crippen molar-refractivity contribution in [3.05, 3.63) is 87.5 Å². The zero-order chi connectivity index (χ0) is 21.7. The van der Waals surface area contributed by atoms with Crippen LogP contribution in [0.1, 0.15) is 27.7 Å². The van der Waals surface area contributed by atoms with Gasteiger partial charge in [-0.05, 0) is 35.7 Å². The minimum Gasteiger partial charge on any atom is -0.373 e. The molecule has 8 heteroatoms. The summed E-state index contributed by atoms with van der Waals surface area (Å²) in [5.41, 5.74) is 1.58. The SMILES string of the molecule is CN(C(=O)c1ccc2cccnc2c1)C1COCc2[nH]c(=O)c3cc(F)c(F)cc3c21. The first kappa shape index (κ1) is 19.3. The van der Waals surface area contributed by atoms with Crippen LogP contribution >= 0.6 is 0 Å². The highest BCUT2D eigenvalue weighted by Crippen LogP contribution is 2.34. The van der Waals surface area contributed by atoms with Crippen molar-refractivity contribution in [3.63, 3.8) is 0 Å². The number of benzene rings is 2. The Kier molecular flexibility index (Phi) is 4.51. The number of nitrogens with zero attached hydrogens (tertiary/aromatic N) is 2. The third-order valence-corrected chi connectivity index (χ3v) is 5.68.